The number of hydrazone groups is 1. The van der Waals surface area contributed by atoms with Crippen LogP contribution in [0.15, 0.2) is 50.9 Å². The first-order chi connectivity index (χ1) is 16.3. The Morgan fingerprint density at radius 3 is 2.85 bits per heavy atom. The van der Waals surface area contributed by atoms with Crippen LogP contribution in [-0.4, -0.2) is 41.0 Å². The van der Waals surface area contributed by atoms with E-state index in [2.05, 4.69) is 21.6 Å². The van der Waals surface area contributed by atoms with Crippen LogP contribution >= 0.6 is 23.4 Å². The van der Waals surface area contributed by atoms with E-state index in [4.69, 9.17) is 25.9 Å². The number of pyridine rings is 1. The number of carbonyl (C=O) groups is 2. The lowest BCUT2D eigenvalue weighted by atomic mass is 10.1. The molecule has 3 aromatic rings. The first kappa shape index (κ1) is 25.0. The molecule has 2 aromatic heterocycles. The van der Waals surface area contributed by atoms with Crippen molar-refractivity contribution in [2.24, 2.45) is 5.10 Å². The number of furan rings is 1. The van der Waals surface area contributed by atoms with Crippen molar-refractivity contribution in [3.8, 4) is 17.4 Å². The molecule has 0 saturated heterocycles. The van der Waals surface area contributed by atoms with Crippen molar-refractivity contribution in [1.82, 2.24) is 10.4 Å². The summed E-state index contributed by atoms with van der Waals surface area (Å²) in [6.45, 7) is 2.07. The predicted octanol–water partition coefficient (Wildman–Crippen LogP) is 4.26. The molecule has 174 valence electrons. The Balaban J connectivity index is 1.62. The van der Waals surface area contributed by atoms with Crippen LogP contribution in [0.25, 0.3) is 11.3 Å². The highest BCUT2D eigenvalue weighted by atomic mass is 35.5. The van der Waals surface area contributed by atoms with Gasteiger partial charge in [0.1, 0.15) is 22.6 Å². The van der Waals surface area contributed by atoms with E-state index < -0.39 is 11.9 Å². The number of methoxy groups -OCH3 is 1. The molecule has 1 amide bonds. The van der Waals surface area contributed by atoms with Crippen molar-refractivity contribution < 1.29 is 23.8 Å². The summed E-state index contributed by atoms with van der Waals surface area (Å²) in [6, 6.07) is 11.4. The number of hydrogen-bond donors (Lipinski definition) is 2. The quantitative estimate of drug-likeness (QED) is 0.253. The Labute approximate surface area is 204 Å². The van der Waals surface area contributed by atoms with Crippen molar-refractivity contribution >= 4 is 41.5 Å². The van der Waals surface area contributed by atoms with Crippen LogP contribution in [0.2, 0.25) is 5.02 Å². The maximum Gasteiger partial charge on any atom is 0.335 e. The number of nitrogens with one attached hydrogen (secondary N) is 1. The van der Waals surface area contributed by atoms with Crippen molar-refractivity contribution in [3.05, 3.63) is 69.6 Å². The molecular weight excluding hydrogens is 480 g/mol. The Hall–Kier alpha value is -3.65. The second kappa shape index (κ2) is 11.5. The van der Waals surface area contributed by atoms with E-state index in [1.165, 1.54) is 24.4 Å². The summed E-state index contributed by atoms with van der Waals surface area (Å²) in [5.74, 6) is -0.792. The predicted molar refractivity (Wildman–Crippen MR) is 127 cm³/mol. The number of nitriles is 1. The van der Waals surface area contributed by atoms with Crippen LogP contribution in [0, 0.1) is 18.3 Å². The van der Waals surface area contributed by atoms with Crippen molar-refractivity contribution in [3.63, 3.8) is 0 Å². The molecule has 0 aliphatic carbocycles. The summed E-state index contributed by atoms with van der Waals surface area (Å²) in [5.41, 5.74) is 4.69. The van der Waals surface area contributed by atoms with Crippen molar-refractivity contribution in [2.75, 3.05) is 12.9 Å². The van der Waals surface area contributed by atoms with Gasteiger partial charge in [-0.1, -0.05) is 23.4 Å². The lowest BCUT2D eigenvalue weighted by Crippen LogP contribution is -2.19. The van der Waals surface area contributed by atoms with Gasteiger partial charge in [-0.05, 0) is 48.9 Å². The van der Waals surface area contributed by atoms with E-state index in [-0.39, 0.29) is 17.9 Å². The average molecular weight is 499 g/mol. The van der Waals surface area contributed by atoms with Gasteiger partial charge in [-0.15, -0.1) is 0 Å². The zero-order valence-electron chi connectivity index (χ0n) is 18.2. The SMILES string of the molecule is COCc1cc(C)nc(SCC(=O)N/N=C/c2ccc(-c3cc(C(=O)O)ccc3Cl)o2)c1C#N. The molecular formula is C23H19ClN4O5S. The molecule has 0 spiro atoms. The molecule has 0 fully saturated rings. The smallest absolute Gasteiger partial charge is 0.335 e. The molecule has 2 N–H and O–H groups in total. The van der Waals surface area contributed by atoms with Gasteiger partial charge in [-0.3, -0.25) is 4.79 Å². The molecule has 34 heavy (non-hydrogen) atoms. The number of amides is 1. The molecule has 0 radical (unpaired) electrons. The third kappa shape index (κ3) is 6.23. The Morgan fingerprint density at radius 2 is 2.15 bits per heavy atom. The van der Waals surface area contributed by atoms with Crippen molar-refractivity contribution in [2.45, 2.75) is 18.6 Å². The zero-order valence-corrected chi connectivity index (χ0v) is 19.7. The summed E-state index contributed by atoms with van der Waals surface area (Å²) in [4.78, 5) is 27.7. The van der Waals surface area contributed by atoms with Crippen LogP contribution in [-0.2, 0) is 16.1 Å². The van der Waals surface area contributed by atoms with Gasteiger partial charge in [0.15, 0.2) is 0 Å². The van der Waals surface area contributed by atoms with Crippen LogP contribution in [0.1, 0.15) is 32.9 Å². The highest BCUT2D eigenvalue weighted by Gasteiger charge is 2.14. The van der Waals surface area contributed by atoms with E-state index in [1.54, 1.807) is 32.2 Å². The average Bonchev–Trinajstić information content (AvgIpc) is 3.26. The fourth-order valence-electron chi connectivity index (χ4n) is 2.95. The molecule has 0 atom stereocenters. The fraction of sp³-hybridized carbons (Fsp3) is 0.174. The molecule has 0 aliphatic rings. The minimum absolute atomic E-state index is 0.00408. The third-order valence-electron chi connectivity index (χ3n) is 4.43. The number of carboxylic acid groups (broad SMARTS) is 1. The highest BCUT2D eigenvalue weighted by molar-refractivity contribution is 8.00. The molecule has 11 heteroatoms. The Morgan fingerprint density at radius 1 is 1.35 bits per heavy atom. The number of aromatic nitrogens is 1. The minimum atomic E-state index is -1.08. The van der Waals surface area contributed by atoms with E-state index in [9.17, 15) is 14.9 Å². The van der Waals surface area contributed by atoms with Gasteiger partial charge >= 0.3 is 5.97 Å². The van der Waals surface area contributed by atoms with E-state index >= 15 is 0 Å². The van der Waals surface area contributed by atoms with Gasteiger partial charge in [-0.25, -0.2) is 15.2 Å². The summed E-state index contributed by atoms with van der Waals surface area (Å²) < 4.78 is 10.8. The maximum atomic E-state index is 12.2. The summed E-state index contributed by atoms with van der Waals surface area (Å²) in [5, 5.41) is 23.3. The van der Waals surface area contributed by atoms with Gasteiger partial charge in [0.2, 0.25) is 5.91 Å². The van der Waals surface area contributed by atoms with Gasteiger partial charge < -0.3 is 14.3 Å². The number of aromatic carboxylic acids is 1. The summed E-state index contributed by atoms with van der Waals surface area (Å²) >= 11 is 7.28. The van der Waals surface area contributed by atoms with Crippen LogP contribution in [0.3, 0.4) is 0 Å². The molecule has 1 aromatic carbocycles. The van der Waals surface area contributed by atoms with Crippen LogP contribution in [0.5, 0.6) is 0 Å². The minimum Gasteiger partial charge on any atom is -0.478 e. The lowest BCUT2D eigenvalue weighted by molar-refractivity contribution is -0.118. The first-order valence-electron chi connectivity index (χ1n) is 9.79. The lowest BCUT2D eigenvalue weighted by Gasteiger charge is -2.09. The van der Waals surface area contributed by atoms with Gasteiger partial charge in [0.05, 0.1) is 34.7 Å². The second-order valence-electron chi connectivity index (χ2n) is 6.93. The molecule has 0 aliphatic heterocycles. The van der Waals surface area contributed by atoms with Crippen molar-refractivity contribution in [1.29, 1.82) is 5.26 Å². The maximum absolute atomic E-state index is 12.2. The molecule has 2 heterocycles. The number of aryl methyl sites for hydroxylation is 1. The van der Waals surface area contributed by atoms with Gasteiger partial charge in [-0.2, -0.15) is 10.4 Å². The normalized spacial score (nSPS) is 10.9. The standard InChI is InChI=1S/C23H19ClN4O5S/c1-13-7-15(11-32-2)18(9-25)22(27-13)34-12-21(29)28-26-10-16-4-6-20(33-16)17-8-14(23(30)31)3-5-19(17)24/h3-8,10H,11-12H2,1-2H3,(H,28,29)(H,30,31)/b26-10+. The number of hydrogen-bond acceptors (Lipinski definition) is 8. The number of carbonyl (C=O) groups excluding carboxylic acids is 1. The second-order valence-corrected chi connectivity index (χ2v) is 8.30. The molecule has 0 saturated carbocycles. The third-order valence-corrected chi connectivity index (χ3v) is 5.74. The van der Waals surface area contributed by atoms with Crippen LogP contribution < -0.4 is 5.43 Å². The summed E-state index contributed by atoms with van der Waals surface area (Å²) in [7, 11) is 1.54. The van der Waals surface area contributed by atoms with Crippen LogP contribution in [0.4, 0.5) is 0 Å². The highest BCUT2D eigenvalue weighted by Crippen LogP contribution is 2.30. The number of benzene rings is 1. The fourth-order valence-corrected chi connectivity index (χ4v) is 4.02. The number of ether oxygens (including phenoxy) is 1. The Kier molecular flexibility index (Phi) is 8.43. The number of rotatable bonds is 9. The van der Waals surface area contributed by atoms with E-state index in [1.807, 2.05) is 0 Å². The Bertz CT molecular complexity index is 1300. The monoisotopic (exact) mass is 498 g/mol. The number of thioether (sulfide) groups is 1. The number of halogens is 1. The molecule has 0 bridgehead atoms. The molecule has 0 unspecified atom stereocenters. The molecule has 3 rings (SSSR count). The van der Waals surface area contributed by atoms with E-state index in [0.29, 0.717) is 38.3 Å². The largest absolute Gasteiger partial charge is 0.478 e. The topological polar surface area (TPSA) is 138 Å². The zero-order chi connectivity index (χ0) is 24.7. The number of nitrogens with zero attached hydrogens (tertiary/aromatic N) is 3. The van der Waals surface area contributed by atoms with Gasteiger partial charge in [0.25, 0.3) is 0 Å². The van der Waals surface area contributed by atoms with Gasteiger partial charge in [0, 0.05) is 18.4 Å². The first-order valence-corrected chi connectivity index (χ1v) is 11.2. The summed E-state index contributed by atoms with van der Waals surface area (Å²) in [6.07, 6.45) is 1.31. The van der Waals surface area contributed by atoms with E-state index in [0.717, 1.165) is 17.5 Å². The molecule has 9 nitrogen and oxygen atoms in total. The number of carboxylic acids is 1.